The van der Waals surface area contributed by atoms with Crippen LogP contribution in [0.15, 0.2) is 66.2 Å². The molecule has 2 aromatic heterocycles. The third-order valence-electron chi connectivity index (χ3n) is 5.95. The van der Waals surface area contributed by atoms with Crippen LogP contribution in [0, 0.1) is 5.82 Å². The number of aromatic nitrogens is 2. The fraction of sp³-hybridized carbons (Fsp3) is 0.250. The molecule has 2 amide bonds. The molecular formula is C28H27Cl2FN4O2S. The van der Waals surface area contributed by atoms with Crippen LogP contribution in [-0.2, 0) is 19.5 Å². The Morgan fingerprint density at radius 2 is 1.95 bits per heavy atom. The van der Waals surface area contributed by atoms with Crippen molar-refractivity contribution < 1.29 is 14.0 Å². The van der Waals surface area contributed by atoms with Crippen LogP contribution in [0.2, 0.25) is 10.0 Å². The van der Waals surface area contributed by atoms with Gasteiger partial charge < -0.3 is 14.8 Å². The van der Waals surface area contributed by atoms with Crippen molar-refractivity contribution in [2.75, 3.05) is 13.1 Å². The third-order valence-corrected chi connectivity index (χ3v) is 7.37. The number of hydrogen-bond donors (Lipinski definition) is 1. The maximum atomic E-state index is 14.2. The van der Waals surface area contributed by atoms with E-state index in [4.69, 9.17) is 23.2 Å². The molecule has 0 aliphatic carbocycles. The quantitative estimate of drug-likeness (QED) is 0.224. The van der Waals surface area contributed by atoms with E-state index >= 15 is 0 Å². The zero-order valence-electron chi connectivity index (χ0n) is 20.8. The Morgan fingerprint density at radius 1 is 1.13 bits per heavy atom. The molecule has 4 rings (SSSR count). The van der Waals surface area contributed by atoms with Gasteiger partial charge in [-0.05, 0) is 54.8 Å². The molecule has 10 heteroatoms. The molecule has 0 aliphatic rings. The standard InChI is InChI=1S/C28H27Cl2FN4O2S/c1-2-13-35(28(37)22-7-3-4-8-24(22)31)16-21-6-5-14-34(21)17-26-33-25(18-38-26)27(36)32-12-11-19-9-10-20(29)15-23(19)30/h3-10,14-15,18H,2,11-13,16-17H2,1H3,(H,32,36). The number of nitrogens with zero attached hydrogens (tertiary/aromatic N) is 3. The van der Waals surface area contributed by atoms with Crippen molar-refractivity contribution in [3.63, 3.8) is 0 Å². The summed E-state index contributed by atoms with van der Waals surface area (Å²) in [6.07, 6.45) is 3.23. The van der Waals surface area contributed by atoms with E-state index in [0.717, 1.165) is 22.7 Å². The molecule has 0 bridgehead atoms. The molecule has 0 atom stereocenters. The molecule has 38 heavy (non-hydrogen) atoms. The monoisotopic (exact) mass is 572 g/mol. The van der Waals surface area contributed by atoms with E-state index in [0.29, 0.717) is 48.3 Å². The van der Waals surface area contributed by atoms with Crippen LogP contribution in [0.1, 0.15) is 50.5 Å². The number of benzene rings is 2. The third kappa shape index (κ3) is 7.01. The fourth-order valence-corrected chi connectivity index (χ4v) is 5.30. The Hall–Kier alpha value is -3.20. The highest BCUT2D eigenvalue weighted by Crippen LogP contribution is 2.21. The number of rotatable bonds is 11. The van der Waals surface area contributed by atoms with Gasteiger partial charge in [-0.1, -0.05) is 48.3 Å². The van der Waals surface area contributed by atoms with Gasteiger partial charge in [-0.3, -0.25) is 9.59 Å². The number of thiazole rings is 1. The van der Waals surface area contributed by atoms with Crippen molar-refractivity contribution in [2.24, 2.45) is 0 Å². The van der Waals surface area contributed by atoms with Crippen LogP contribution in [0.5, 0.6) is 0 Å². The zero-order valence-corrected chi connectivity index (χ0v) is 23.1. The average molecular weight is 574 g/mol. The summed E-state index contributed by atoms with van der Waals surface area (Å²) in [4.78, 5) is 31.8. The first-order chi connectivity index (χ1) is 18.4. The van der Waals surface area contributed by atoms with Gasteiger partial charge in [0.2, 0.25) is 0 Å². The minimum Gasteiger partial charge on any atom is -0.350 e. The highest BCUT2D eigenvalue weighted by atomic mass is 35.5. The molecule has 198 valence electrons. The summed E-state index contributed by atoms with van der Waals surface area (Å²) in [6.45, 7) is 3.68. The SMILES string of the molecule is CCCN(Cc1cccn1Cc1nc(C(=O)NCCc2ccc(Cl)cc2Cl)cs1)C(=O)c1ccccc1F. The predicted octanol–water partition coefficient (Wildman–Crippen LogP) is 6.46. The lowest BCUT2D eigenvalue weighted by atomic mass is 10.1. The molecule has 0 spiro atoms. The van der Waals surface area contributed by atoms with Crippen LogP contribution >= 0.6 is 34.5 Å². The van der Waals surface area contributed by atoms with E-state index in [-0.39, 0.29) is 17.4 Å². The van der Waals surface area contributed by atoms with E-state index in [2.05, 4.69) is 10.3 Å². The van der Waals surface area contributed by atoms with Crippen molar-refractivity contribution in [1.82, 2.24) is 19.8 Å². The Morgan fingerprint density at radius 3 is 2.71 bits per heavy atom. The molecule has 0 saturated carbocycles. The van der Waals surface area contributed by atoms with Crippen molar-refractivity contribution in [3.05, 3.63) is 110 Å². The summed E-state index contributed by atoms with van der Waals surface area (Å²) in [6, 6.07) is 15.2. The van der Waals surface area contributed by atoms with E-state index in [1.54, 1.807) is 34.5 Å². The molecule has 0 aliphatic heterocycles. The molecule has 4 aromatic rings. The lowest BCUT2D eigenvalue weighted by Crippen LogP contribution is -2.32. The van der Waals surface area contributed by atoms with Crippen molar-refractivity contribution in [2.45, 2.75) is 32.9 Å². The van der Waals surface area contributed by atoms with Crippen molar-refractivity contribution in [1.29, 1.82) is 0 Å². The summed E-state index contributed by atoms with van der Waals surface area (Å²) in [5.41, 5.74) is 2.21. The van der Waals surface area contributed by atoms with Crippen molar-refractivity contribution >= 4 is 46.4 Å². The molecule has 6 nitrogen and oxygen atoms in total. The number of carbonyl (C=O) groups excluding carboxylic acids is 2. The summed E-state index contributed by atoms with van der Waals surface area (Å²) >= 11 is 13.5. The molecule has 0 fully saturated rings. The number of carbonyl (C=O) groups is 2. The summed E-state index contributed by atoms with van der Waals surface area (Å²) in [5.74, 6) is -1.13. The smallest absolute Gasteiger partial charge is 0.270 e. The Balaban J connectivity index is 1.37. The zero-order chi connectivity index (χ0) is 27.1. The van der Waals surface area contributed by atoms with Gasteiger partial charge in [-0.2, -0.15) is 0 Å². The van der Waals surface area contributed by atoms with E-state index in [9.17, 15) is 14.0 Å². The lowest BCUT2D eigenvalue weighted by molar-refractivity contribution is 0.0734. The Labute approximate surface area is 235 Å². The van der Waals surface area contributed by atoms with Gasteiger partial charge in [0.25, 0.3) is 11.8 Å². The first-order valence-corrected chi connectivity index (χ1v) is 13.8. The number of nitrogens with one attached hydrogen (secondary N) is 1. The van der Waals surface area contributed by atoms with E-state index in [1.165, 1.54) is 23.5 Å². The minimum atomic E-state index is -0.529. The minimum absolute atomic E-state index is 0.0629. The summed E-state index contributed by atoms with van der Waals surface area (Å²) in [5, 5.41) is 6.50. The number of halogens is 3. The van der Waals surface area contributed by atoms with Gasteiger partial charge in [0.05, 0.1) is 18.7 Å². The summed E-state index contributed by atoms with van der Waals surface area (Å²) < 4.78 is 16.2. The second kappa shape index (κ2) is 13.0. The van der Waals surface area contributed by atoms with Gasteiger partial charge >= 0.3 is 0 Å². The fourth-order valence-electron chi connectivity index (χ4n) is 4.03. The Kier molecular flexibility index (Phi) is 9.55. The maximum Gasteiger partial charge on any atom is 0.270 e. The van der Waals surface area contributed by atoms with Crippen LogP contribution in [0.3, 0.4) is 0 Å². The number of amides is 2. The first-order valence-electron chi connectivity index (χ1n) is 12.2. The topological polar surface area (TPSA) is 67.2 Å². The molecule has 1 N–H and O–H groups in total. The normalized spacial score (nSPS) is 10.9. The molecule has 0 saturated heterocycles. The highest BCUT2D eigenvalue weighted by molar-refractivity contribution is 7.09. The van der Waals surface area contributed by atoms with Gasteiger partial charge in [0.15, 0.2) is 0 Å². The van der Waals surface area contributed by atoms with Crippen LogP contribution < -0.4 is 5.32 Å². The maximum absolute atomic E-state index is 14.2. The second-order valence-corrected chi connectivity index (χ2v) is 10.5. The number of hydrogen-bond acceptors (Lipinski definition) is 4. The Bertz CT molecular complexity index is 1420. The van der Waals surface area contributed by atoms with Crippen LogP contribution in [0.4, 0.5) is 4.39 Å². The molecular weight excluding hydrogens is 546 g/mol. The second-order valence-electron chi connectivity index (χ2n) is 8.70. The molecule has 0 unspecified atom stereocenters. The van der Waals surface area contributed by atoms with E-state index < -0.39 is 5.82 Å². The van der Waals surface area contributed by atoms with E-state index in [1.807, 2.05) is 35.9 Å². The van der Waals surface area contributed by atoms with Gasteiger partial charge in [0, 0.05) is 40.4 Å². The molecule has 2 heterocycles. The van der Waals surface area contributed by atoms with Gasteiger partial charge in [0.1, 0.15) is 16.5 Å². The van der Waals surface area contributed by atoms with Crippen LogP contribution in [0.25, 0.3) is 0 Å². The summed E-state index contributed by atoms with van der Waals surface area (Å²) in [7, 11) is 0. The highest BCUT2D eigenvalue weighted by Gasteiger charge is 2.20. The van der Waals surface area contributed by atoms with Gasteiger partial charge in [-0.15, -0.1) is 11.3 Å². The van der Waals surface area contributed by atoms with Gasteiger partial charge in [-0.25, -0.2) is 9.37 Å². The first kappa shape index (κ1) is 27.8. The average Bonchev–Trinajstić information content (AvgIpc) is 3.55. The predicted molar refractivity (Wildman–Crippen MR) is 150 cm³/mol. The van der Waals surface area contributed by atoms with Crippen LogP contribution in [-0.4, -0.2) is 39.4 Å². The lowest BCUT2D eigenvalue weighted by Gasteiger charge is -2.23. The molecule has 0 radical (unpaired) electrons. The molecule has 2 aromatic carbocycles. The largest absolute Gasteiger partial charge is 0.350 e. The van der Waals surface area contributed by atoms with Crippen molar-refractivity contribution in [3.8, 4) is 0 Å².